The van der Waals surface area contributed by atoms with E-state index >= 15 is 0 Å². The summed E-state index contributed by atoms with van der Waals surface area (Å²) in [6, 6.07) is 9.00. The summed E-state index contributed by atoms with van der Waals surface area (Å²) in [5.74, 6) is -3.03. The molecule has 0 unspecified atom stereocenters. The van der Waals surface area contributed by atoms with Gasteiger partial charge in [-0.1, -0.05) is 0 Å². The van der Waals surface area contributed by atoms with E-state index in [1.807, 2.05) is 0 Å². The van der Waals surface area contributed by atoms with E-state index < -0.39 is 23.4 Å². The summed E-state index contributed by atoms with van der Waals surface area (Å²) in [7, 11) is 0. The SMILES string of the molecule is CC(=O)c1ccc(NC(=O)/C=C(\C)C(=O)Nc2ccc(F)cc2F)cc1. The normalized spacial score (nSPS) is 11.0. The number of ketones is 1. The van der Waals surface area contributed by atoms with Crippen molar-refractivity contribution in [2.75, 3.05) is 10.6 Å². The number of hydrogen-bond acceptors (Lipinski definition) is 3. The number of carbonyl (C=O) groups excluding carboxylic acids is 3. The number of carbonyl (C=O) groups is 3. The first kappa shape index (κ1) is 19.0. The third kappa shape index (κ3) is 5.07. The lowest BCUT2D eigenvalue weighted by Gasteiger charge is -2.07. The molecule has 0 saturated carbocycles. The molecule has 26 heavy (non-hydrogen) atoms. The van der Waals surface area contributed by atoms with Crippen LogP contribution in [0.3, 0.4) is 0 Å². The minimum absolute atomic E-state index is 0.0339. The van der Waals surface area contributed by atoms with Crippen LogP contribution in [0, 0.1) is 11.6 Å². The summed E-state index contributed by atoms with van der Waals surface area (Å²) in [5, 5.41) is 4.81. The topological polar surface area (TPSA) is 75.3 Å². The highest BCUT2D eigenvalue weighted by molar-refractivity contribution is 6.10. The Morgan fingerprint density at radius 3 is 2.15 bits per heavy atom. The van der Waals surface area contributed by atoms with Crippen LogP contribution in [0.15, 0.2) is 54.1 Å². The van der Waals surface area contributed by atoms with Gasteiger partial charge in [-0.2, -0.15) is 0 Å². The van der Waals surface area contributed by atoms with E-state index in [4.69, 9.17) is 0 Å². The van der Waals surface area contributed by atoms with Crippen molar-refractivity contribution in [3.05, 3.63) is 71.3 Å². The van der Waals surface area contributed by atoms with E-state index in [9.17, 15) is 23.2 Å². The molecule has 0 saturated heterocycles. The van der Waals surface area contributed by atoms with Gasteiger partial charge in [0.15, 0.2) is 5.78 Å². The van der Waals surface area contributed by atoms with Gasteiger partial charge in [0.2, 0.25) is 5.91 Å². The van der Waals surface area contributed by atoms with Crippen molar-refractivity contribution >= 4 is 29.0 Å². The molecular weight excluding hydrogens is 342 g/mol. The van der Waals surface area contributed by atoms with Crippen LogP contribution < -0.4 is 10.6 Å². The fraction of sp³-hybridized carbons (Fsp3) is 0.105. The molecule has 7 heteroatoms. The lowest BCUT2D eigenvalue weighted by atomic mass is 10.1. The monoisotopic (exact) mass is 358 g/mol. The van der Waals surface area contributed by atoms with Gasteiger partial charge in [0.25, 0.3) is 5.91 Å². The Labute approximate surface area is 148 Å². The van der Waals surface area contributed by atoms with E-state index in [1.54, 1.807) is 24.3 Å². The second kappa shape index (κ2) is 8.15. The van der Waals surface area contributed by atoms with E-state index in [-0.39, 0.29) is 17.0 Å². The molecule has 0 heterocycles. The number of hydrogen-bond donors (Lipinski definition) is 2. The van der Waals surface area contributed by atoms with Crippen LogP contribution >= 0.6 is 0 Å². The Hall–Kier alpha value is -3.35. The zero-order valence-electron chi connectivity index (χ0n) is 14.1. The van der Waals surface area contributed by atoms with Gasteiger partial charge in [-0.25, -0.2) is 8.78 Å². The molecule has 0 radical (unpaired) electrons. The zero-order valence-corrected chi connectivity index (χ0v) is 14.1. The van der Waals surface area contributed by atoms with Crippen molar-refractivity contribution in [2.45, 2.75) is 13.8 Å². The Bertz CT molecular complexity index is 890. The molecule has 0 aromatic heterocycles. The maximum absolute atomic E-state index is 13.5. The van der Waals surface area contributed by atoms with Crippen molar-refractivity contribution in [1.82, 2.24) is 0 Å². The molecule has 0 atom stereocenters. The van der Waals surface area contributed by atoms with Gasteiger partial charge in [0.05, 0.1) is 5.69 Å². The largest absolute Gasteiger partial charge is 0.323 e. The van der Waals surface area contributed by atoms with Gasteiger partial charge in [0.1, 0.15) is 11.6 Å². The molecule has 2 N–H and O–H groups in total. The van der Waals surface area contributed by atoms with Crippen molar-refractivity contribution in [3.8, 4) is 0 Å². The predicted octanol–water partition coefficient (Wildman–Crippen LogP) is 3.69. The van der Waals surface area contributed by atoms with Crippen LogP contribution in [0.1, 0.15) is 24.2 Å². The van der Waals surface area contributed by atoms with Crippen molar-refractivity contribution in [2.24, 2.45) is 0 Å². The number of benzene rings is 2. The van der Waals surface area contributed by atoms with Crippen LogP contribution in [0.25, 0.3) is 0 Å². The van der Waals surface area contributed by atoms with E-state index in [1.165, 1.54) is 13.8 Å². The summed E-state index contributed by atoms with van der Waals surface area (Å²) in [6.45, 7) is 2.82. The highest BCUT2D eigenvalue weighted by atomic mass is 19.1. The first-order valence-electron chi connectivity index (χ1n) is 7.63. The van der Waals surface area contributed by atoms with Crippen LogP contribution in [0.4, 0.5) is 20.2 Å². The molecule has 0 spiro atoms. The maximum Gasteiger partial charge on any atom is 0.251 e. The van der Waals surface area contributed by atoms with Crippen LogP contribution in [-0.4, -0.2) is 17.6 Å². The summed E-state index contributed by atoms with van der Waals surface area (Å²) in [6.07, 6.45) is 1.05. The molecule has 0 aliphatic rings. The average Bonchev–Trinajstić information content (AvgIpc) is 2.57. The number of rotatable bonds is 5. The van der Waals surface area contributed by atoms with Gasteiger partial charge in [0, 0.05) is 29.0 Å². The highest BCUT2D eigenvalue weighted by Crippen LogP contribution is 2.16. The average molecular weight is 358 g/mol. The standard InChI is InChI=1S/C19H16F2N2O3/c1-11(19(26)23-17-8-5-14(20)10-16(17)21)9-18(25)22-15-6-3-13(4-7-15)12(2)24/h3-10H,1-2H3,(H,22,25)(H,23,26)/b11-9+. The first-order valence-corrected chi connectivity index (χ1v) is 7.63. The highest BCUT2D eigenvalue weighted by Gasteiger charge is 2.11. The van der Waals surface area contributed by atoms with Crippen molar-refractivity contribution in [1.29, 1.82) is 0 Å². The third-order valence-corrected chi connectivity index (χ3v) is 3.44. The number of amides is 2. The summed E-state index contributed by atoms with van der Waals surface area (Å²) >= 11 is 0. The Balaban J connectivity index is 2.01. The van der Waals surface area contributed by atoms with E-state index in [2.05, 4.69) is 10.6 Å². The fourth-order valence-electron chi connectivity index (χ4n) is 2.04. The lowest BCUT2D eigenvalue weighted by molar-refractivity contribution is -0.114. The number of halogens is 2. The fourth-order valence-corrected chi connectivity index (χ4v) is 2.04. The molecule has 2 aromatic carbocycles. The van der Waals surface area contributed by atoms with Crippen LogP contribution in [-0.2, 0) is 9.59 Å². The molecule has 134 valence electrons. The predicted molar refractivity (Wildman–Crippen MR) is 93.8 cm³/mol. The van der Waals surface area contributed by atoms with Gasteiger partial charge in [-0.15, -0.1) is 0 Å². The van der Waals surface area contributed by atoms with Crippen LogP contribution in [0.5, 0.6) is 0 Å². The Kier molecular flexibility index (Phi) is 5.95. The number of nitrogens with one attached hydrogen (secondary N) is 2. The number of anilines is 2. The molecular formula is C19H16F2N2O3. The Morgan fingerprint density at radius 2 is 1.58 bits per heavy atom. The van der Waals surface area contributed by atoms with Gasteiger partial charge in [-0.3, -0.25) is 14.4 Å². The lowest BCUT2D eigenvalue weighted by Crippen LogP contribution is -2.17. The molecule has 0 aliphatic heterocycles. The maximum atomic E-state index is 13.5. The molecule has 0 fully saturated rings. The summed E-state index contributed by atoms with van der Waals surface area (Å²) < 4.78 is 26.4. The summed E-state index contributed by atoms with van der Waals surface area (Å²) in [5.41, 5.74) is 0.806. The van der Waals surface area contributed by atoms with Gasteiger partial charge >= 0.3 is 0 Å². The Morgan fingerprint density at radius 1 is 0.923 bits per heavy atom. The minimum atomic E-state index is -0.916. The first-order chi connectivity index (χ1) is 12.3. The van der Waals surface area contributed by atoms with E-state index in [0.29, 0.717) is 17.3 Å². The smallest absolute Gasteiger partial charge is 0.251 e. The second-order valence-corrected chi connectivity index (χ2v) is 5.53. The van der Waals surface area contributed by atoms with E-state index in [0.717, 1.165) is 18.2 Å². The molecule has 2 amide bonds. The molecule has 5 nitrogen and oxygen atoms in total. The second-order valence-electron chi connectivity index (χ2n) is 5.53. The minimum Gasteiger partial charge on any atom is -0.323 e. The molecule has 2 rings (SSSR count). The van der Waals surface area contributed by atoms with Crippen LogP contribution in [0.2, 0.25) is 0 Å². The molecule has 0 bridgehead atoms. The molecule has 2 aromatic rings. The third-order valence-electron chi connectivity index (χ3n) is 3.44. The van der Waals surface area contributed by atoms with Gasteiger partial charge < -0.3 is 10.6 Å². The summed E-state index contributed by atoms with van der Waals surface area (Å²) in [4.78, 5) is 35.2. The number of Topliss-reactive ketones (excluding diaryl/α,β-unsaturated/α-hetero) is 1. The van der Waals surface area contributed by atoms with Gasteiger partial charge in [-0.05, 0) is 50.2 Å². The zero-order chi connectivity index (χ0) is 19.3. The quantitative estimate of drug-likeness (QED) is 0.632. The van der Waals surface area contributed by atoms with Crippen molar-refractivity contribution in [3.63, 3.8) is 0 Å². The van der Waals surface area contributed by atoms with Crippen molar-refractivity contribution < 1.29 is 23.2 Å². The molecule has 0 aliphatic carbocycles.